The van der Waals surface area contributed by atoms with Crippen molar-refractivity contribution in [2.24, 2.45) is 5.73 Å². The summed E-state index contributed by atoms with van der Waals surface area (Å²) in [4.78, 5) is 11.3. The summed E-state index contributed by atoms with van der Waals surface area (Å²) in [5.41, 5.74) is 7.52. The number of amides is 1. The SMILES string of the molecule is CNC(=O)c1ccc(NCCC(N)c2ccccc2)nn1. The van der Waals surface area contributed by atoms with Crippen LogP contribution in [0.3, 0.4) is 0 Å². The smallest absolute Gasteiger partial charge is 0.271 e. The normalized spacial score (nSPS) is 11.7. The van der Waals surface area contributed by atoms with Crippen molar-refractivity contribution in [1.82, 2.24) is 15.5 Å². The van der Waals surface area contributed by atoms with Crippen LogP contribution < -0.4 is 16.4 Å². The van der Waals surface area contributed by atoms with Gasteiger partial charge < -0.3 is 16.4 Å². The third kappa shape index (κ3) is 4.25. The number of nitrogens with zero attached hydrogens (tertiary/aromatic N) is 2. The van der Waals surface area contributed by atoms with Crippen molar-refractivity contribution in [3.05, 3.63) is 53.7 Å². The molecule has 0 aliphatic rings. The molecule has 0 radical (unpaired) electrons. The molecule has 0 bridgehead atoms. The van der Waals surface area contributed by atoms with Gasteiger partial charge in [-0.15, -0.1) is 10.2 Å². The second-order valence-corrected chi connectivity index (χ2v) is 4.62. The lowest BCUT2D eigenvalue weighted by Crippen LogP contribution is -2.20. The predicted octanol–water partition coefficient (Wildman–Crippen LogP) is 1.34. The highest BCUT2D eigenvalue weighted by Gasteiger charge is 2.07. The Labute approximate surface area is 123 Å². The number of anilines is 1. The molecule has 2 rings (SSSR count). The number of carbonyl (C=O) groups excluding carboxylic acids is 1. The number of rotatable bonds is 6. The van der Waals surface area contributed by atoms with Crippen LogP contribution in [-0.4, -0.2) is 29.7 Å². The van der Waals surface area contributed by atoms with Gasteiger partial charge in [-0.05, 0) is 24.1 Å². The van der Waals surface area contributed by atoms with Gasteiger partial charge in [0.15, 0.2) is 5.69 Å². The van der Waals surface area contributed by atoms with Gasteiger partial charge in [0.05, 0.1) is 0 Å². The first-order valence-electron chi connectivity index (χ1n) is 6.81. The number of nitrogens with one attached hydrogen (secondary N) is 2. The number of carbonyl (C=O) groups is 1. The van der Waals surface area contributed by atoms with E-state index in [0.29, 0.717) is 18.1 Å². The fourth-order valence-electron chi connectivity index (χ4n) is 1.90. The molecule has 1 atom stereocenters. The summed E-state index contributed by atoms with van der Waals surface area (Å²) in [6.07, 6.45) is 0.781. The van der Waals surface area contributed by atoms with E-state index in [9.17, 15) is 4.79 Å². The lowest BCUT2D eigenvalue weighted by atomic mass is 10.1. The van der Waals surface area contributed by atoms with Gasteiger partial charge in [-0.1, -0.05) is 30.3 Å². The van der Waals surface area contributed by atoms with Crippen LogP contribution in [0, 0.1) is 0 Å². The lowest BCUT2D eigenvalue weighted by molar-refractivity contribution is 0.0957. The molecular weight excluding hydrogens is 266 g/mol. The minimum Gasteiger partial charge on any atom is -0.369 e. The summed E-state index contributed by atoms with van der Waals surface area (Å²) in [6.45, 7) is 0.685. The molecule has 0 saturated carbocycles. The fourth-order valence-corrected chi connectivity index (χ4v) is 1.90. The molecule has 1 aromatic carbocycles. The van der Waals surface area contributed by atoms with Crippen molar-refractivity contribution < 1.29 is 4.79 Å². The zero-order valence-corrected chi connectivity index (χ0v) is 11.9. The first kappa shape index (κ1) is 14.9. The molecule has 4 N–H and O–H groups in total. The molecule has 6 heteroatoms. The van der Waals surface area contributed by atoms with E-state index in [4.69, 9.17) is 5.73 Å². The average molecular weight is 285 g/mol. The van der Waals surface area contributed by atoms with Gasteiger partial charge in [-0.3, -0.25) is 4.79 Å². The summed E-state index contributed by atoms with van der Waals surface area (Å²) < 4.78 is 0. The Bertz CT molecular complexity index is 570. The Balaban J connectivity index is 1.82. The second kappa shape index (κ2) is 7.35. The molecule has 21 heavy (non-hydrogen) atoms. The van der Waals surface area contributed by atoms with Crippen LogP contribution in [0.5, 0.6) is 0 Å². The van der Waals surface area contributed by atoms with E-state index in [1.165, 1.54) is 0 Å². The largest absolute Gasteiger partial charge is 0.369 e. The number of benzene rings is 1. The predicted molar refractivity (Wildman–Crippen MR) is 81.9 cm³/mol. The maximum absolute atomic E-state index is 11.3. The quantitative estimate of drug-likeness (QED) is 0.744. The fraction of sp³-hybridized carbons (Fsp3) is 0.267. The van der Waals surface area contributed by atoms with E-state index in [1.807, 2.05) is 30.3 Å². The van der Waals surface area contributed by atoms with E-state index in [-0.39, 0.29) is 11.9 Å². The third-order valence-electron chi connectivity index (χ3n) is 3.11. The number of hydrogen-bond donors (Lipinski definition) is 3. The minimum atomic E-state index is -0.250. The molecule has 0 aliphatic carbocycles. The summed E-state index contributed by atoms with van der Waals surface area (Å²) in [5.74, 6) is 0.378. The van der Waals surface area contributed by atoms with E-state index in [1.54, 1.807) is 19.2 Å². The van der Waals surface area contributed by atoms with E-state index >= 15 is 0 Å². The van der Waals surface area contributed by atoms with Crippen molar-refractivity contribution in [2.75, 3.05) is 18.9 Å². The number of hydrogen-bond acceptors (Lipinski definition) is 5. The van der Waals surface area contributed by atoms with Gasteiger partial charge in [-0.2, -0.15) is 0 Å². The monoisotopic (exact) mass is 285 g/mol. The molecule has 0 saturated heterocycles. The molecule has 1 heterocycles. The van der Waals surface area contributed by atoms with E-state index < -0.39 is 0 Å². The van der Waals surface area contributed by atoms with Crippen molar-refractivity contribution >= 4 is 11.7 Å². The van der Waals surface area contributed by atoms with Crippen LogP contribution in [0.15, 0.2) is 42.5 Å². The molecule has 1 aromatic heterocycles. The van der Waals surface area contributed by atoms with Crippen LogP contribution in [-0.2, 0) is 0 Å². The summed E-state index contributed by atoms with van der Waals surface area (Å²) in [5, 5.41) is 13.4. The van der Waals surface area contributed by atoms with Crippen LogP contribution >= 0.6 is 0 Å². The summed E-state index contributed by atoms with van der Waals surface area (Å²) in [7, 11) is 1.56. The van der Waals surface area contributed by atoms with Crippen molar-refractivity contribution in [2.45, 2.75) is 12.5 Å². The highest BCUT2D eigenvalue weighted by molar-refractivity contribution is 5.91. The van der Waals surface area contributed by atoms with Gasteiger partial charge in [0.1, 0.15) is 5.82 Å². The topological polar surface area (TPSA) is 92.9 Å². The average Bonchev–Trinajstić information content (AvgIpc) is 2.55. The molecule has 0 spiro atoms. The van der Waals surface area contributed by atoms with Crippen molar-refractivity contribution in [1.29, 1.82) is 0 Å². The maximum Gasteiger partial charge on any atom is 0.271 e. The van der Waals surface area contributed by atoms with Gasteiger partial charge in [0, 0.05) is 19.6 Å². The molecule has 0 aliphatic heterocycles. The molecule has 6 nitrogen and oxygen atoms in total. The van der Waals surface area contributed by atoms with Crippen molar-refractivity contribution in [3.8, 4) is 0 Å². The number of aromatic nitrogens is 2. The Kier molecular flexibility index (Phi) is 5.22. The van der Waals surface area contributed by atoms with Crippen LogP contribution in [0.2, 0.25) is 0 Å². The van der Waals surface area contributed by atoms with Crippen LogP contribution in [0.1, 0.15) is 28.5 Å². The zero-order chi connectivity index (χ0) is 15.1. The van der Waals surface area contributed by atoms with Crippen LogP contribution in [0.4, 0.5) is 5.82 Å². The summed E-state index contributed by atoms with van der Waals surface area (Å²) >= 11 is 0. The minimum absolute atomic E-state index is 0.0169. The molecular formula is C15H19N5O. The van der Waals surface area contributed by atoms with E-state index in [0.717, 1.165) is 12.0 Å². The maximum atomic E-state index is 11.3. The highest BCUT2D eigenvalue weighted by Crippen LogP contribution is 2.13. The molecule has 1 amide bonds. The zero-order valence-electron chi connectivity index (χ0n) is 11.9. The standard InChI is InChI=1S/C15H19N5O/c1-17-15(21)13-7-8-14(20-19-13)18-10-9-12(16)11-5-3-2-4-6-11/h2-8,12H,9-10,16H2,1H3,(H,17,21)(H,18,20). The molecule has 110 valence electrons. The lowest BCUT2D eigenvalue weighted by Gasteiger charge is -2.12. The molecule has 2 aromatic rings. The molecule has 0 fully saturated rings. The van der Waals surface area contributed by atoms with Gasteiger partial charge >= 0.3 is 0 Å². The second-order valence-electron chi connectivity index (χ2n) is 4.62. The van der Waals surface area contributed by atoms with Crippen LogP contribution in [0.25, 0.3) is 0 Å². The van der Waals surface area contributed by atoms with Gasteiger partial charge in [0.2, 0.25) is 0 Å². The third-order valence-corrected chi connectivity index (χ3v) is 3.11. The Morgan fingerprint density at radius 2 is 1.95 bits per heavy atom. The molecule has 1 unspecified atom stereocenters. The first-order chi connectivity index (χ1) is 10.2. The van der Waals surface area contributed by atoms with Gasteiger partial charge in [0.25, 0.3) is 5.91 Å². The van der Waals surface area contributed by atoms with Crippen molar-refractivity contribution in [3.63, 3.8) is 0 Å². The number of nitrogens with two attached hydrogens (primary N) is 1. The summed E-state index contributed by atoms with van der Waals surface area (Å²) in [6, 6.07) is 13.3. The Hall–Kier alpha value is -2.47. The Morgan fingerprint density at radius 3 is 2.57 bits per heavy atom. The van der Waals surface area contributed by atoms with E-state index in [2.05, 4.69) is 20.8 Å². The Morgan fingerprint density at radius 1 is 1.19 bits per heavy atom. The van der Waals surface area contributed by atoms with Gasteiger partial charge in [-0.25, -0.2) is 0 Å². The highest BCUT2D eigenvalue weighted by atomic mass is 16.1. The first-order valence-corrected chi connectivity index (χ1v) is 6.81.